The van der Waals surface area contributed by atoms with Gasteiger partial charge in [-0.25, -0.2) is 19.2 Å². The molecule has 0 aliphatic carbocycles. The summed E-state index contributed by atoms with van der Waals surface area (Å²) in [5.74, 6) is -11.0. The number of aromatic amines is 2. The second-order valence-electron chi connectivity index (χ2n) is 13.0. The minimum Gasteiger partial charge on any atom is -0.481 e. The van der Waals surface area contributed by atoms with Crippen LogP contribution in [0.4, 0.5) is 5.95 Å². The third kappa shape index (κ3) is 14.1. The van der Waals surface area contributed by atoms with Crippen LogP contribution in [0.1, 0.15) is 72.9 Å². The second-order valence-corrected chi connectivity index (χ2v) is 13.0. The van der Waals surface area contributed by atoms with E-state index >= 15 is 0 Å². The number of aryl methyl sites for hydroxylation is 2. The summed E-state index contributed by atoms with van der Waals surface area (Å²) in [7, 11) is 0. The van der Waals surface area contributed by atoms with Gasteiger partial charge in [-0.2, -0.15) is 4.98 Å². The average molecular weight is 815 g/mol. The van der Waals surface area contributed by atoms with Crippen molar-refractivity contribution in [2.75, 3.05) is 5.73 Å². The highest BCUT2D eigenvalue weighted by molar-refractivity contribution is 5.97. The van der Waals surface area contributed by atoms with E-state index in [1.54, 1.807) is 18.3 Å². The molecule has 0 saturated heterocycles. The summed E-state index contributed by atoms with van der Waals surface area (Å²) in [5.41, 5.74) is 7.14. The molecule has 0 unspecified atom stereocenters. The van der Waals surface area contributed by atoms with Crippen LogP contribution in [0.25, 0.3) is 11.0 Å². The van der Waals surface area contributed by atoms with Gasteiger partial charge in [0.05, 0.1) is 5.39 Å². The average Bonchev–Trinajstić information content (AvgIpc) is 3.56. The van der Waals surface area contributed by atoms with Crippen LogP contribution in [0.5, 0.6) is 0 Å². The fourth-order valence-electron chi connectivity index (χ4n) is 5.58. The summed E-state index contributed by atoms with van der Waals surface area (Å²) in [6.45, 7) is 0. The fraction of sp³-hybridized carbons (Fsp3) is 0.400. The lowest BCUT2D eigenvalue weighted by atomic mass is 10.0. The zero-order valence-electron chi connectivity index (χ0n) is 30.6. The summed E-state index contributed by atoms with van der Waals surface area (Å²) < 4.78 is 0. The van der Waals surface area contributed by atoms with Gasteiger partial charge in [-0.05, 0) is 61.8 Å². The summed E-state index contributed by atoms with van der Waals surface area (Å²) in [4.78, 5) is 129. The molecular formula is C35H42N8O15. The highest BCUT2D eigenvalue weighted by Crippen LogP contribution is 2.16. The van der Waals surface area contributed by atoms with Gasteiger partial charge >= 0.3 is 29.8 Å². The van der Waals surface area contributed by atoms with Gasteiger partial charge in [-0.15, -0.1) is 0 Å². The third-order valence-corrected chi connectivity index (χ3v) is 8.67. The lowest BCUT2D eigenvalue weighted by molar-refractivity contribution is -0.144. The zero-order chi connectivity index (χ0) is 43.1. The van der Waals surface area contributed by atoms with Gasteiger partial charge in [0.25, 0.3) is 11.5 Å². The lowest BCUT2D eigenvalue weighted by Gasteiger charge is -2.18. The van der Waals surface area contributed by atoms with Gasteiger partial charge < -0.3 is 57.5 Å². The number of aromatic nitrogens is 3. The fourth-order valence-corrected chi connectivity index (χ4v) is 5.58. The number of carbonyl (C=O) groups is 9. The van der Waals surface area contributed by atoms with Crippen molar-refractivity contribution in [3.8, 4) is 0 Å². The Morgan fingerprint density at radius 2 is 1.05 bits per heavy atom. The molecular weight excluding hydrogens is 772 g/mol. The molecule has 0 bridgehead atoms. The van der Waals surface area contributed by atoms with Gasteiger partial charge in [-0.3, -0.25) is 33.8 Å². The number of benzene rings is 1. The largest absolute Gasteiger partial charge is 0.481 e. The van der Waals surface area contributed by atoms with Crippen molar-refractivity contribution in [2.24, 2.45) is 0 Å². The number of nitrogen functional groups attached to an aromatic ring is 1. The Morgan fingerprint density at radius 1 is 0.621 bits per heavy atom. The lowest BCUT2D eigenvalue weighted by Crippen LogP contribution is -2.45. The first-order valence-electron chi connectivity index (χ1n) is 17.6. The molecule has 3 aromatic rings. The Hall–Kier alpha value is -7.33. The monoisotopic (exact) mass is 814 g/mol. The highest BCUT2D eigenvalue weighted by Gasteiger charge is 2.27. The van der Waals surface area contributed by atoms with Crippen LogP contribution in [-0.2, 0) is 51.2 Å². The van der Waals surface area contributed by atoms with Crippen molar-refractivity contribution >= 4 is 70.5 Å². The Morgan fingerprint density at radius 3 is 1.48 bits per heavy atom. The van der Waals surface area contributed by atoms with E-state index in [0.717, 1.165) is 5.56 Å². The maximum atomic E-state index is 12.8. The van der Waals surface area contributed by atoms with Crippen molar-refractivity contribution in [3.05, 3.63) is 57.5 Å². The number of nitrogens with one attached hydrogen (secondary N) is 6. The SMILES string of the molecule is Nc1nc2[nH]cc(CCc3ccc(C(=O)N[C@@H](CCC(=O)N[C@@H](CCC(=O)N[C@@H](CCC(=O)N[C@@H](CCC(=O)O)C(=O)O)C(=O)O)C(=O)O)C(=O)O)cc3)c2c(=O)[nH]1. The molecule has 3 rings (SSSR count). The number of anilines is 1. The molecule has 0 saturated carbocycles. The third-order valence-electron chi connectivity index (χ3n) is 8.67. The van der Waals surface area contributed by atoms with Crippen molar-refractivity contribution in [2.45, 2.75) is 88.4 Å². The molecule has 58 heavy (non-hydrogen) atoms. The van der Waals surface area contributed by atoms with Crippen molar-refractivity contribution < 1.29 is 68.7 Å². The van der Waals surface area contributed by atoms with Crippen LogP contribution < -0.4 is 32.6 Å². The molecule has 0 aliphatic rings. The Balaban J connectivity index is 1.46. The van der Waals surface area contributed by atoms with E-state index in [-0.39, 0.29) is 17.1 Å². The van der Waals surface area contributed by atoms with Crippen LogP contribution in [0.15, 0.2) is 35.3 Å². The predicted molar refractivity (Wildman–Crippen MR) is 197 cm³/mol. The molecule has 4 atom stereocenters. The second kappa shape index (κ2) is 21.1. The van der Waals surface area contributed by atoms with Crippen LogP contribution in [-0.4, -0.2) is 118 Å². The molecule has 0 aliphatic heterocycles. The maximum absolute atomic E-state index is 12.8. The first-order valence-corrected chi connectivity index (χ1v) is 17.6. The number of carboxylic acid groups (broad SMARTS) is 5. The number of hydrogen-bond acceptors (Lipinski definition) is 12. The highest BCUT2D eigenvalue weighted by atomic mass is 16.4. The number of fused-ring (bicyclic) bond motifs is 1. The first kappa shape index (κ1) is 45.1. The number of H-pyrrole nitrogens is 2. The van der Waals surface area contributed by atoms with Gasteiger partial charge in [0, 0.05) is 37.4 Å². The van der Waals surface area contributed by atoms with Gasteiger partial charge in [0.1, 0.15) is 29.8 Å². The number of hydrogen-bond donors (Lipinski definition) is 12. The summed E-state index contributed by atoms with van der Waals surface area (Å²) in [6.07, 6.45) is -1.60. The molecule has 0 fully saturated rings. The molecule has 2 heterocycles. The number of nitrogens with zero attached hydrogens (tertiary/aromatic N) is 1. The van der Waals surface area contributed by atoms with E-state index in [4.69, 9.17) is 15.9 Å². The smallest absolute Gasteiger partial charge is 0.326 e. The minimum absolute atomic E-state index is 0.0253. The predicted octanol–water partition coefficient (Wildman–Crippen LogP) is -1.28. The summed E-state index contributed by atoms with van der Waals surface area (Å²) in [5, 5.41) is 55.6. The van der Waals surface area contributed by atoms with Crippen molar-refractivity contribution in [1.29, 1.82) is 0 Å². The number of carboxylic acids is 5. The van der Waals surface area contributed by atoms with Crippen LogP contribution in [0, 0.1) is 0 Å². The molecule has 13 N–H and O–H groups in total. The molecule has 2 aromatic heterocycles. The number of carbonyl (C=O) groups excluding carboxylic acids is 4. The molecule has 1 aromatic carbocycles. The number of rotatable bonds is 24. The van der Waals surface area contributed by atoms with Gasteiger partial charge in [-0.1, -0.05) is 12.1 Å². The molecule has 4 amide bonds. The standard InChI is InChI=1S/C35H42N8O15/c36-35-42-28-27(30(50)43-35)18(15-37-28)6-3-16-1-4-17(5-2-16)29(49)41-22(34(57)58)9-13-25(46)39-20(32(53)54)7-11-23(44)38-19(31(51)52)8-12-24(45)40-21(33(55)56)10-14-26(47)48/h1-2,4-5,15,19-22H,3,6-14H2,(H,38,44)(H,39,46)(H,40,45)(H,41,49)(H,47,48)(H,51,52)(H,53,54)(H,55,56)(H,57,58)(H4,36,37,42,43,50)/t19-,20-,21-,22-/m0/s1. The maximum Gasteiger partial charge on any atom is 0.326 e. The van der Waals surface area contributed by atoms with Crippen LogP contribution in [0.2, 0.25) is 0 Å². The van der Waals surface area contributed by atoms with Crippen molar-refractivity contribution in [3.63, 3.8) is 0 Å². The summed E-state index contributed by atoms with van der Waals surface area (Å²) >= 11 is 0. The van der Waals surface area contributed by atoms with Crippen LogP contribution in [0.3, 0.4) is 0 Å². The zero-order valence-corrected chi connectivity index (χ0v) is 30.6. The number of aliphatic carboxylic acids is 5. The first-order chi connectivity index (χ1) is 27.3. The Bertz CT molecular complexity index is 2100. The van der Waals surface area contributed by atoms with Crippen molar-refractivity contribution in [1.82, 2.24) is 36.2 Å². The minimum atomic E-state index is -1.66. The van der Waals surface area contributed by atoms with E-state index in [1.807, 2.05) is 0 Å². The number of nitrogens with two attached hydrogens (primary N) is 1. The summed E-state index contributed by atoms with van der Waals surface area (Å²) in [6, 6.07) is -0.184. The molecule has 23 nitrogen and oxygen atoms in total. The Kier molecular flexibility index (Phi) is 16.4. The normalized spacial score (nSPS) is 13.0. The topological polar surface area (TPSA) is 390 Å². The molecule has 0 spiro atoms. The molecule has 23 heteroatoms. The van der Waals surface area contributed by atoms with Gasteiger partial charge in [0.15, 0.2) is 0 Å². The molecule has 0 radical (unpaired) electrons. The van der Waals surface area contributed by atoms with E-state index in [0.29, 0.717) is 29.4 Å². The quantitative estimate of drug-likeness (QED) is 0.0501. The van der Waals surface area contributed by atoms with Gasteiger partial charge in [0.2, 0.25) is 23.7 Å². The van der Waals surface area contributed by atoms with E-state index < -0.39 is 129 Å². The number of amides is 4. The Labute approximate surface area is 326 Å². The van der Waals surface area contributed by atoms with E-state index in [9.17, 15) is 63.3 Å². The van der Waals surface area contributed by atoms with E-state index in [1.165, 1.54) is 12.1 Å². The van der Waals surface area contributed by atoms with E-state index in [2.05, 4.69) is 36.2 Å². The molecule has 312 valence electrons. The van der Waals surface area contributed by atoms with Crippen LogP contribution >= 0.6 is 0 Å².